The summed E-state index contributed by atoms with van der Waals surface area (Å²) >= 11 is 12.6. The Bertz CT molecular complexity index is 759. The zero-order valence-corrected chi connectivity index (χ0v) is 22.2. The summed E-state index contributed by atoms with van der Waals surface area (Å²) < 4.78 is 3.37. The minimum Gasteiger partial charge on any atom is -0.446 e. The van der Waals surface area contributed by atoms with E-state index in [1.807, 2.05) is 0 Å². The number of para-hydroxylation sites is 1. The molecule has 0 aliphatic rings. The number of unbranched alkanes of at least 4 members (excludes halogenated alkanes) is 5. The van der Waals surface area contributed by atoms with Crippen LogP contribution in [0.5, 0.6) is 0 Å². The Labute approximate surface area is 209 Å². The highest BCUT2D eigenvalue weighted by Gasteiger charge is 2.51. The zero-order valence-electron chi connectivity index (χ0n) is 20.7. The molecule has 0 radical (unpaired) electrons. The Kier molecular flexibility index (Phi) is 12.5. The van der Waals surface area contributed by atoms with Gasteiger partial charge in [0.1, 0.15) is 6.10 Å². The van der Waals surface area contributed by atoms with Gasteiger partial charge in [-0.15, -0.1) is 0 Å². The molecular formula is C26H39Cl2NO4. The summed E-state index contributed by atoms with van der Waals surface area (Å²) in [5.41, 5.74) is -0.731. The summed E-state index contributed by atoms with van der Waals surface area (Å²) in [6.45, 7) is 9.10. The molecule has 33 heavy (non-hydrogen) atoms. The second-order valence-electron chi connectivity index (χ2n) is 9.48. The maximum Gasteiger partial charge on any atom is 0.421 e. The lowest BCUT2D eigenvalue weighted by molar-refractivity contribution is -0.132. The molecule has 0 aliphatic carbocycles. The number of nitrogens with zero attached hydrogens (tertiary/aromatic N) is 1. The van der Waals surface area contributed by atoms with E-state index in [1.54, 1.807) is 51.1 Å². The molecule has 1 atom stereocenters. The van der Waals surface area contributed by atoms with Crippen LogP contribution in [0.1, 0.15) is 92.4 Å². The number of ether oxygens (including phenoxy) is 1. The highest BCUT2D eigenvalue weighted by atomic mass is 35.5. The lowest BCUT2D eigenvalue weighted by atomic mass is 9.88. The van der Waals surface area contributed by atoms with Crippen LogP contribution in [0.15, 0.2) is 30.3 Å². The van der Waals surface area contributed by atoms with Crippen LogP contribution in [0, 0.1) is 5.41 Å². The number of rotatable bonds is 13. The smallest absolute Gasteiger partial charge is 0.421 e. The number of amides is 2. The van der Waals surface area contributed by atoms with E-state index in [2.05, 4.69) is 13.8 Å². The van der Waals surface area contributed by atoms with Gasteiger partial charge in [0, 0.05) is 5.41 Å². The molecule has 0 heterocycles. The number of alkyl halides is 2. The lowest BCUT2D eigenvalue weighted by Crippen LogP contribution is -2.53. The van der Waals surface area contributed by atoms with Crippen molar-refractivity contribution in [3.05, 3.63) is 30.3 Å². The summed E-state index contributed by atoms with van der Waals surface area (Å²) in [5, 5.41) is 0. The van der Waals surface area contributed by atoms with Crippen LogP contribution in [-0.4, -0.2) is 28.2 Å². The molecule has 5 nitrogen and oxygen atoms in total. The molecule has 0 fully saturated rings. The molecule has 2 amide bonds. The van der Waals surface area contributed by atoms with Crippen LogP contribution < -0.4 is 4.90 Å². The minimum atomic E-state index is -2.42. The van der Waals surface area contributed by atoms with Crippen molar-refractivity contribution in [3.8, 4) is 0 Å². The predicted molar refractivity (Wildman–Crippen MR) is 136 cm³/mol. The Morgan fingerprint density at radius 2 is 1.42 bits per heavy atom. The Hall–Kier alpha value is -1.59. The summed E-state index contributed by atoms with van der Waals surface area (Å²) in [5.74, 6) is -1.71. The fraction of sp³-hybridized carbons (Fsp3) is 0.654. The quantitative estimate of drug-likeness (QED) is 0.157. The molecule has 0 bridgehead atoms. The van der Waals surface area contributed by atoms with Crippen molar-refractivity contribution in [2.75, 3.05) is 4.90 Å². The fourth-order valence-corrected chi connectivity index (χ4v) is 4.19. The zero-order chi connectivity index (χ0) is 25.1. The number of ketones is 1. The lowest BCUT2D eigenvalue weighted by Gasteiger charge is -2.31. The number of Topliss-reactive ketones (excluding diaryl/α,β-unsaturated/α-hetero) is 1. The van der Waals surface area contributed by atoms with Gasteiger partial charge in [-0.05, 0) is 31.4 Å². The average Bonchev–Trinajstić information content (AvgIpc) is 2.76. The number of carbonyl (C=O) groups is 3. The molecule has 0 aromatic heterocycles. The third-order valence-electron chi connectivity index (χ3n) is 5.41. The van der Waals surface area contributed by atoms with Gasteiger partial charge < -0.3 is 4.74 Å². The maximum absolute atomic E-state index is 13.4. The second kappa shape index (κ2) is 14.0. The van der Waals surface area contributed by atoms with Gasteiger partial charge in [-0.3, -0.25) is 9.59 Å². The van der Waals surface area contributed by atoms with E-state index in [9.17, 15) is 14.4 Å². The molecule has 7 heteroatoms. The molecule has 0 saturated heterocycles. The van der Waals surface area contributed by atoms with E-state index in [0.717, 1.165) is 49.8 Å². The molecule has 1 aromatic carbocycles. The third-order valence-corrected chi connectivity index (χ3v) is 6.08. The number of halogens is 2. The Balaban J connectivity index is 3.13. The molecule has 0 aliphatic heterocycles. The molecule has 1 aromatic rings. The van der Waals surface area contributed by atoms with Crippen molar-refractivity contribution in [3.63, 3.8) is 0 Å². The highest BCUT2D eigenvalue weighted by molar-refractivity contribution is 6.69. The number of anilines is 1. The van der Waals surface area contributed by atoms with Crippen LogP contribution in [0.3, 0.4) is 0 Å². The Morgan fingerprint density at radius 1 is 0.879 bits per heavy atom. The number of hydrogen-bond donors (Lipinski definition) is 0. The molecule has 1 rings (SSSR count). The van der Waals surface area contributed by atoms with Crippen molar-refractivity contribution in [1.82, 2.24) is 0 Å². The standard InChI is InChI=1S/C26H39Cl2NO4/c1-6-8-10-11-15-19-21(18-9-7-2)33-24(32)29(20-16-13-12-14-17-20)23(31)26(27,28)22(30)25(3,4)5/h12-14,16-17,21H,6-11,15,18-19H2,1-5H3. The summed E-state index contributed by atoms with van der Waals surface area (Å²) in [7, 11) is 0. The molecule has 186 valence electrons. The van der Waals surface area contributed by atoms with Crippen molar-refractivity contribution >= 4 is 46.7 Å². The van der Waals surface area contributed by atoms with Crippen LogP contribution in [0.2, 0.25) is 0 Å². The van der Waals surface area contributed by atoms with E-state index >= 15 is 0 Å². The van der Waals surface area contributed by atoms with Gasteiger partial charge in [-0.2, -0.15) is 0 Å². The second-order valence-corrected chi connectivity index (χ2v) is 10.8. The summed E-state index contributed by atoms with van der Waals surface area (Å²) in [6.07, 6.45) is 7.63. The third kappa shape index (κ3) is 9.29. The number of hydrogen-bond acceptors (Lipinski definition) is 4. The van der Waals surface area contributed by atoms with Crippen LogP contribution >= 0.6 is 23.2 Å². The maximum atomic E-state index is 13.4. The van der Waals surface area contributed by atoms with Crippen LogP contribution in [0.25, 0.3) is 0 Å². The first kappa shape index (κ1) is 29.4. The monoisotopic (exact) mass is 499 g/mol. The molecule has 0 spiro atoms. The van der Waals surface area contributed by atoms with E-state index in [-0.39, 0.29) is 11.8 Å². The highest BCUT2D eigenvalue weighted by Crippen LogP contribution is 2.35. The van der Waals surface area contributed by atoms with Gasteiger partial charge in [-0.25, -0.2) is 9.69 Å². The van der Waals surface area contributed by atoms with E-state index in [4.69, 9.17) is 27.9 Å². The predicted octanol–water partition coefficient (Wildman–Crippen LogP) is 7.86. The van der Waals surface area contributed by atoms with Gasteiger partial charge in [0.05, 0.1) is 5.69 Å². The first-order valence-electron chi connectivity index (χ1n) is 12.0. The van der Waals surface area contributed by atoms with E-state index in [1.165, 1.54) is 6.42 Å². The topological polar surface area (TPSA) is 63.7 Å². The van der Waals surface area contributed by atoms with Crippen molar-refractivity contribution in [2.45, 2.75) is 103 Å². The number of benzene rings is 1. The van der Waals surface area contributed by atoms with Crippen LogP contribution in [-0.2, 0) is 14.3 Å². The van der Waals surface area contributed by atoms with E-state index < -0.39 is 27.5 Å². The molecular weight excluding hydrogens is 461 g/mol. The van der Waals surface area contributed by atoms with Crippen molar-refractivity contribution < 1.29 is 19.1 Å². The first-order valence-corrected chi connectivity index (χ1v) is 12.7. The summed E-state index contributed by atoms with van der Waals surface area (Å²) in [4.78, 5) is 40.2. The van der Waals surface area contributed by atoms with Crippen molar-refractivity contribution in [2.24, 2.45) is 5.41 Å². The Morgan fingerprint density at radius 3 is 1.97 bits per heavy atom. The number of carbonyl (C=O) groups excluding carboxylic acids is 3. The normalized spacial score (nSPS) is 12.8. The van der Waals surface area contributed by atoms with Gasteiger partial charge >= 0.3 is 6.09 Å². The molecule has 1 unspecified atom stereocenters. The van der Waals surface area contributed by atoms with Gasteiger partial charge in [-0.1, -0.05) is 115 Å². The number of imide groups is 1. The fourth-order valence-electron chi connectivity index (χ4n) is 3.46. The summed E-state index contributed by atoms with van der Waals surface area (Å²) in [6, 6.07) is 8.28. The van der Waals surface area contributed by atoms with Crippen molar-refractivity contribution in [1.29, 1.82) is 0 Å². The molecule has 0 N–H and O–H groups in total. The average molecular weight is 501 g/mol. The van der Waals surface area contributed by atoms with Gasteiger partial charge in [0.15, 0.2) is 5.78 Å². The van der Waals surface area contributed by atoms with Crippen LogP contribution in [0.4, 0.5) is 10.5 Å². The van der Waals surface area contributed by atoms with Gasteiger partial charge in [0.2, 0.25) is 0 Å². The van der Waals surface area contributed by atoms with Gasteiger partial charge in [0.25, 0.3) is 10.2 Å². The molecule has 0 saturated carbocycles. The van der Waals surface area contributed by atoms with E-state index in [0.29, 0.717) is 6.42 Å². The first-order chi connectivity index (χ1) is 15.5. The SMILES string of the molecule is CCCCCCCC(CCCC)OC(=O)N(C(=O)C(Cl)(Cl)C(=O)C(C)(C)C)c1ccccc1. The largest absolute Gasteiger partial charge is 0.446 e. The minimum absolute atomic E-state index is 0.247.